The fourth-order valence-electron chi connectivity index (χ4n) is 4.05. The molecule has 0 radical (unpaired) electrons. The molecule has 1 aliphatic rings. The van der Waals surface area contributed by atoms with Gasteiger partial charge >= 0.3 is 0 Å². The highest BCUT2D eigenvalue weighted by Crippen LogP contribution is 2.29. The molecule has 2 aromatic carbocycles. The van der Waals surface area contributed by atoms with Crippen molar-refractivity contribution in [2.45, 2.75) is 24.9 Å². The average molecular weight is 429 g/mol. The van der Waals surface area contributed by atoms with E-state index in [1.54, 1.807) is 12.4 Å². The van der Waals surface area contributed by atoms with Gasteiger partial charge in [-0.05, 0) is 54.8 Å². The first-order chi connectivity index (χ1) is 15.7. The van der Waals surface area contributed by atoms with Gasteiger partial charge in [0.1, 0.15) is 11.5 Å². The van der Waals surface area contributed by atoms with Crippen LogP contribution in [0.15, 0.2) is 85.7 Å². The molecule has 0 aliphatic carbocycles. The van der Waals surface area contributed by atoms with Crippen molar-refractivity contribution in [2.75, 3.05) is 18.4 Å². The number of hydrogen-bond donors (Lipinski definition) is 2. The number of likely N-dealkylation sites (tertiary alicyclic amines) is 1. The van der Waals surface area contributed by atoms with Crippen LogP contribution in [0.1, 0.15) is 30.0 Å². The number of benzene rings is 2. The zero-order valence-electron chi connectivity index (χ0n) is 18.0. The number of rotatable bonds is 8. The number of carbonyl (C=O) groups is 1. The van der Waals surface area contributed by atoms with Crippen molar-refractivity contribution in [1.82, 2.24) is 9.88 Å². The van der Waals surface area contributed by atoms with Crippen molar-refractivity contribution in [2.24, 2.45) is 5.73 Å². The van der Waals surface area contributed by atoms with Gasteiger partial charge in [-0.1, -0.05) is 36.9 Å². The fraction of sp³-hybridized carbons (Fsp3) is 0.231. The second-order valence-electron chi connectivity index (χ2n) is 7.84. The molecule has 1 saturated heterocycles. The summed E-state index contributed by atoms with van der Waals surface area (Å²) >= 11 is 0. The Balaban J connectivity index is 1.44. The van der Waals surface area contributed by atoms with Crippen LogP contribution in [0, 0.1) is 0 Å². The molecule has 3 N–H and O–H groups in total. The van der Waals surface area contributed by atoms with E-state index >= 15 is 0 Å². The second kappa shape index (κ2) is 10.1. The van der Waals surface area contributed by atoms with Gasteiger partial charge < -0.3 is 20.7 Å². The Hall–Kier alpha value is -3.64. The Morgan fingerprint density at radius 1 is 1.19 bits per heavy atom. The largest absolute Gasteiger partial charge is 0.457 e. The van der Waals surface area contributed by atoms with E-state index in [1.165, 1.54) is 6.08 Å². The van der Waals surface area contributed by atoms with E-state index in [9.17, 15) is 4.79 Å². The van der Waals surface area contributed by atoms with E-state index in [-0.39, 0.29) is 18.0 Å². The molecule has 0 spiro atoms. The zero-order valence-corrected chi connectivity index (χ0v) is 18.0. The minimum Gasteiger partial charge on any atom is -0.457 e. The van der Waals surface area contributed by atoms with Gasteiger partial charge in [-0.25, -0.2) is 0 Å². The lowest BCUT2D eigenvalue weighted by molar-refractivity contribution is -0.126. The van der Waals surface area contributed by atoms with E-state index < -0.39 is 0 Å². The van der Waals surface area contributed by atoms with Gasteiger partial charge in [0.2, 0.25) is 5.91 Å². The van der Waals surface area contributed by atoms with Crippen LogP contribution in [0.2, 0.25) is 0 Å². The van der Waals surface area contributed by atoms with Crippen LogP contribution < -0.4 is 15.8 Å². The Morgan fingerprint density at radius 2 is 1.94 bits per heavy atom. The lowest BCUT2D eigenvalue weighted by Crippen LogP contribution is -2.38. The second-order valence-corrected chi connectivity index (χ2v) is 7.84. The van der Waals surface area contributed by atoms with Crippen LogP contribution in [0.4, 0.5) is 5.69 Å². The van der Waals surface area contributed by atoms with Crippen molar-refractivity contribution in [3.63, 3.8) is 0 Å². The number of anilines is 1. The first-order valence-electron chi connectivity index (χ1n) is 10.8. The van der Waals surface area contributed by atoms with Gasteiger partial charge in [0.15, 0.2) is 0 Å². The van der Waals surface area contributed by atoms with Crippen molar-refractivity contribution < 1.29 is 9.53 Å². The zero-order chi connectivity index (χ0) is 22.3. The Morgan fingerprint density at radius 3 is 2.69 bits per heavy atom. The summed E-state index contributed by atoms with van der Waals surface area (Å²) in [6, 6.07) is 19.2. The third kappa shape index (κ3) is 4.98. The van der Waals surface area contributed by atoms with Crippen molar-refractivity contribution in [3.05, 3.63) is 96.8 Å². The molecule has 2 unspecified atom stereocenters. The molecule has 2 heterocycles. The highest BCUT2D eigenvalue weighted by atomic mass is 16.5. The average Bonchev–Trinajstić information content (AvgIpc) is 3.32. The van der Waals surface area contributed by atoms with Gasteiger partial charge in [-0.2, -0.15) is 0 Å². The molecule has 0 saturated carbocycles. The molecule has 3 aromatic rings. The molecule has 1 aliphatic heterocycles. The lowest BCUT2D eigenvalue weighted by Gasteiger charge is -2.25. The van der Waals surface area contributed by atoms with E-state index in [1.807, 2.05) is 65.6 Å². The van der Waals surface area contributed by atoms with Crippen molar-refractivity contribution >= 4 is 11.6 Å². The highest BCUT2D eigenvalue weighted by molar-refractivity contribution is 5.87. The van der Waals surface area contributed by atoms with Gasteiger partial charge in [0.25, 0.3) is 0 Å². The summed E-state index contributed by atoms with van der Waals surface area (Å²) in [6.45, 7) is 5.05. The third-order valence-corrected chi connectivity index (χ3v) is 5.77. The number of hydrogen-bond acceptors (Lipinski definition) is 5. The van der Waals surface area contributed by atoms with Gasteiger partial charge in [0, 0.05) is 42.8 Å². The number of para-hydroxylation sites is 1. The summed E-state index contributed by atoms with van der Waals surface area (Å²) < 4.78 is 5.87. The predicted octanol–water partition coefficient (Wildman–Crippen LogP) is 4.51. The Bertz CT molecular complexity index is 1050. The molecule has 1 amide bonds. The maximum Gasteiger partial charge on any atom is 0.246 e. The minimum atomic E-state index is -0.341. The van der Waals surface area contributed by atoms with Gasteiger partial charge in [0.05, 0.1) is 6.04 Å². The molecule has 1 aromatic heterocycles. The first kappa shape index (κ1) is 21.6. The number of nitrogens with one attached hydrogen (secondary N) is 1. The van der Waals surface area contributed by atoms with E-state index in [4.69, 9.17) is 10.5 Å². The Kier molecular flexibility index (Phi) is 6.82. The number of aromatic nitrogens is 1. The molecular weight excluding hydrogens is 400 g/mol. The van der Waals surface area contributed by atoms with Crippen LogP contribution in [0.3, 0.4) is 0 Å². The fourth-order valence-corrected chi connectivity index (χ4v) is 4.05. The third-order valence-electron chi connectivity index (χ3n) is 5.77. The molecule has 4 rings (SSSR count). The van der Waals surface area contributed by atoms with E-state index in [0.717, 1.165) is 47.7 Å². The molecule has 0 bridgehead atoms. The summed E-state index contributed by atoms with van der Waals surface area (Å²) in [7, 11) is 0. The molecule has 1 fully saturated rings. The van der Waals surface area contributed by atoms with E-state index in [0.29, 0.717) is 6.54 Å². The van der Waals surface area contributed by atoms with Crippen LogP contribution in [-0.2, 0) is 4.79 Å². The summed E-state index contributed by atoms with van der Waals surface area (Å²) in [6.07, 6.45) is 6.91. The number of nitrogens with two attached hydrogens (primary N) is 1. The van der Waals surface area contributed by atoms with Gasteiger partial charge in [-0.15, -0.1) is 0 Å². The quantitative estimate of drug-likeness (QED) is 0.516. The number of nitrogens with zero attached hydrogens (tertiary/aromatic N) is 2. The maximum absolute atomic E-state index is 12.1. The summed E-state index contributed by atoms with van der Waals surface area (Å²) in [4.78, 5) is 18.2. The smallest absolute Gasteiger partial charge is 0.246 e. The molecular formula is C26H28N4O2. The first-order valence-corrected chi connectivity index (χ1v) is 10.8. The van der Waals surface area contributed by atoms with Crippen LogP contribution in [-0.4, -0.2) is 34.9 Å². The molecule has 164 valence electrons. The normalized spacial score (nSPS) is 16.4. The minimum absolute atomic E-state index is 0.0150. The number of carbonyl (C=O) groups excluding carboxylic acids is 1. The molecule has 2 atom stereocenters. The number of amides is 1. The number of ether oxygens (including phenoxy) is 1. The molecule has 32 heavy (non-hydrogen) atoms. The summed E-state index contributed by atoms with van der Waals surface area (Å²) in [5.41, 5.74) is 9.40. The van der Waals surface area contributed by atoms with Crippen LogP contribution in [0.5, 0.6) is 11.5 Å². The van der Waals surface area contributed by atoms with Gasteiger partial charge in [-0.3, -0.25) is 9.78 Å². The van der Waals surface area contributed by atoms with E-state index in [2.05, 4.69) is 16.9 Å². The molecule has 6 heteroatoms. The monoisotopic (exact) mass is 428 g/mol. The van der Waals surface area contributed by atoms with Crippen LogP contribution in [0.25, 0.3) is 0 Å². The van der Waals surface area contributed by atoms with Crippen LogP contribution >= 0.6 is 0 Å². The summed E-state index contributed by atoms with van der Waals surface area (Å²) in [5, 5.41) is 3.49. The summed E-state index contributed by atoms with van der Waals surface area (Å²) in [5.74, 6) is 1.53. The Labute approximate surface area is 188 Å². The predicted molar refractivity (Wildman–Crippen MR) is 127 cm³/mol. The highest BCUT2D eigenvalue weighted by Gasteiger charge is 2.27. The topological polar surface area (TPSA) is 80.5 Å². The lowest BCUT2D eigenvalue weighted by atomic mass is 9.99. The SMILES string of the molecule is C=CC(=O)N1CCCC1CNc1ccncc1C(N)c1ccc(Oc2ccccc2)cc1. The number of pyridine rings is 1. The maximum atomic E-state index is 12.1. The van der Waals surface area contributed by atoms with Crippen molar-refractivity contribution in [1.29, 1.82) is 0 Å². The standard InChI is InChI=1S/C26H28N4O2/c1-2-25(31)30-16-6-7-20(30)17-29-24-14-15-28-18-23(24)26(27)19-10-12-22(13-11-19)32-21-8-4-3-5-9-21/h2-5,8-15,18,20,26H,1,6-7,16-17,27H2,(H,28,29). The molecule has 6 nitrogen and oxygen atoms in total. The van der Waals surface area contributed by atoms with Crippen molar-refractivity contribution in [3.8, 4) is 11.5 Å².